The lowest BCUT2D eigenvalue weighted by Gasteiger charge is -2.23. The number of esters is 1. The molecule has 8 nitrogen and oxygen atoms in total. The van der Waals surface area contributed by atoms with Crippen LogP contribution in [0.2, 0.25) is 5.02 Å². The van der Waals surface area contributed by atoms with Gasteiger partial charge in [0, 0.05) is 6.54 Å². The van der Waals surface area contributed by atoms with E-state index in [-0.39, 0.29) is 41.0 Å². The predicted molar refractivity (Wildman–Crippen MR) is 102 cm³/mol. The van der Waals surface area contributed by atoms with Crippen molar-refractivity contribution in [3.8, 4) is 6.07 Å². The minimum atomic E-state index is -3.80. The topological polar surface area (TPSA) is 113 Å². The number of aromatic nitrogens is 2. The fourth-order valence-corrected chi connectivity index (χ4v) is 5.36. The van der Waals surface area contributed by atoms with Crippen LogP contribution in [-0.4, -0.2) is 48.8 Å². The maximum Gasteiger partial charge on any atom is 0.328 e. The summed E-state index contributed by atoms with van der Waals surface area (Å²) in [6, 6.07) is 7.21. The van der Waals surface area contributed by atoms with Crippen LogP contribution in [0.25, 0.3) is 0 Å². The number of hydrogen-bond donors (Lipinski definition) is 0. The average Bonchev–Trinajstić information content (AvgIpc) is 3.15. The molecule has 0 radical (unpaired) electrons. The van der Waals surface area contributed by atoms with E-state index < -0.39 is 27.1 Å². The van der Waals surface area contributed by atoms with Crippen LogP contribution in [0.5, 0.6) is 0 Å². The molecule has 0 N–H and O–H groups in total. The third kappa shape index (κ3) is 3.79. The number of nitriles is 1. The molecule has 1 aliphatic rings. The molecule has 28 heavy (non-hydrogen) atoms. The van der Waals surface area contributed by atoms with Gasteiger partial charge < -0.3 is 9.64 Å². The summed E-state index contributed by atoms with van der Waals surface area (Å²) in [5.74, 6) is -0.308. The lowest BCUT2D eigenvalue weighted by Crippen LogP contribution is -2.38. The highest BCUT2D eigenvalue weighted by Gasteiger charge is 2.45. The van der Waals surface area contributed by atoms with Gasteiger partial charge in [-0.05, 0) is 25.5 Å². The molecule has 1 fully saturated rings. The van der Waals surface area contributed by atoms with E-state index >= 15 is 0 Å². The highest BCUT2D eigenvalue weighted by atomic mass is 35.5. The minimum Gasteiger partial charge on any atom is -0.464 e. The maximum absolute atomic E-state index is 13.1. The van der Waals surface area contributed by atoms with Gasteiger partial charge in [-0.3, -0.25) is 4.98 Å². The van der Waals surface area contributed by atoms with Crippen LogP contribution in [0.4, 0.5) is 5.82 Å². The normalized spacial score (nSPS) is 19.2. The number of nitrogens with zero attached hydrogens (tertiary/aromatic N) is 4. The van der Waals surface area contributed by atoms with Gasteiger partial charge in [0.1, 0.15) is 17.9 Å². The van der Waals surface area contributed by atoms with Crippen molar-refractivity contribution in [2.75, 3.05) is 18.1 Å². The van der Waals surface area contributed by atoms with Crippen LogP contribution in [-0.2, 0) is 19.4 Å². The van der Waals surface area contributed by atoms with Crippen molar-refractivity contribution in [2.45, 2.75) is 29.5 Å². The molecule has 1 saturated heterocycles. The van der Waals surface area contributed by atoms with Gasteiger partial charge >= 0.3 is 5.97 Å². The number of sulfone groups is 1. The zero-order chi connectivity index (χ0) is 20.3. The lowest BCUT2D eigenvalue weighted by atomic mass is 10.2. The van der Waals surface area contributed by atoms with E-state index in [0.717, 1.165) is 0 Å². The summed E-state index contributed by atoms with van der Waals surface area (Å²) >= 11 is 6.09. The lowest BCUT2D eigenvalue weighted by molar-refractivity contribution is -0.144. The summed E-state index contributed by atoms with van der Waals surface area (Å²) in [6.07, 6.45) is 2.69. The van der Waals surface area contributed by atoms with E-state index in [0.29, 0.717) is 0 Å². The first-order chi connectivity index (χ1) is 13.4. The number of halogens is 1. The Labute approximate surface area is 167 Å². The summed E-state index contributed by atoms with van der Waals surface area (Å²) in [7, 11) is -3.80. The van der Waals surface area contributed by atoms with Crippen molar-refractivity contribution in [1.82, 2.24) is 9.97 Å². The molecular formula is C18H17ClN4O4S. The first-order valence-corrected chi connectivity index (χ1v) is 10.4. The molecule has 0 spiro atoms. The molecule has 2 heterocycles. The summed E-state index contributed by atoms with van der Waals surface area (Å²) in [4.78, 5) is 22.1. The predicted octanol–water partition coefficient (Wildman–Crippen LogP) is 1.99. The van der Waals surface area contributed by atoms with Crippen molar-refractivity contribution in [1.29, 1.82) is 5.26 Å². The highest BCUT2D eigenvalue weighted by molar-refractivity contribution is 7.92. The Bertz CT molecular complexity index is 1040. The summed E-state index contributed by atoms with van der Waals surface area (Å²) < 4.78 is 31.4. The third-order valence-electron chi connectivity index (χ3n) is 4.43. The van der Waals surface area contributed by atoms with E-state index in [1.807, 2.05) is 6.07 Å². The fraction of sp³-hybridized carbons (Fsp3) is 0.333. The molecule has 2 aromatic rings. The van der Waals surface area contributed by atoms with Crippen molar-refractivity contribution < 1.29 is 17.9 Å². The molecule has 0 amide bonds. The van der Waals surface area contributed by atoms with Crippen molar-refractivity contribution >= 4 is 33.2 Å². The molecule has 0 aliphatic carbocycles. The molecular weight excluding hydrogens is 404 g/mol. The number of hydrogen-bond acceptors (Lipinski definition) is 8. The quantitative estimate of drug-likeness (QED) is 0.674. The van der Waals surface area contributed by atoms with Crippen molar-refractivity contribution in [3.63, 3.8) is 0 Å². The second kappa shape index (κ2) is 8.12. The van der Waals surface area contributed by atoms with Crippen molar-refractivity contribution in [3.05, 3.63) is 47.4 Å². The van der Waals surface area contributed by atoms with Gasteiger partial charge in [-0.1, -0.05) is 23.7 Å². The maximum atomic E-state index is 13.1. The van der Waals surface area contributed by atoms with Gasteiger partial charge in [-0.15, -0.1) is 0 Å². The van der Waals surface area contributed by atoms with E-state index in [4.69, 9.17) is 21.6 Å². The second-order valence-electron chi connectivity index (χ2n) is 6.13. The molecule has 2 unspecified atom stereocenters. The summed E-state index contributed by atoms with van der Waals surface area (Å²) in [6.45, 7) is 1.83. The molecule has 2 atom stereocenters. The van der Waals surface area contributed by atoms with Crippen LogP contribution in [0.3, 0.4) is 0 Å². The largest absolute Gasteiger partial charge is 0.464 e. The Hall–Kier alpha value is -2.70. The first kappa shape index (κ1) is 20.0. The zero-order valence-corrected chi connectivity index (χ0v) is 16.5. The third-order valence-corrected chi connectivity index (χ3v) is 7.06. The Morgan fingerprint density at radius 2 is 2.14 bits per heavy atom. The number of carbonyl (C=O) groups is 1. The van der Waals surface area contributed by atoms with Crippen LogP contribution in [0.1, 0.15) is 19.0 Å². The van der Waals surface area contributed by atoms with E-state index in [1.54, 1.807) is 19.1 Å². The van der Waals surface area contributed by atoms with E-state index in [9.17, 15) is 13.2 Å². The Kier molecular flexibility index (Phi) is 5.82. The first-order valence-electron chi connectivity index (χ1n) is 8.52. The van der Waals surface area contributed by atoms with Crippen LogP contribution >= 0.6 is 11.6 Å². The molecule has 0 saturated carbocycles. The molecule has 1 aromatic heterocycles. The van der Waals surface area contributed by atoms with Gasteiger partial charge in [0.05, 0.1) is 34.2 Å². The smallest absolute Gasteiger partial charge is 0.328 e. The zero-order valence-electron chi connectivity index (χ0n) is 14.9. The molecule has 0 bridgehead atoms. The standard InChI is InChI=1S/C18H17ClN4O4S/c1-2-27-18(24)15-7-13(28(25,26)16-6-4-3-5-14(16)19)11-23(15)17-10-21-9-12(8-20)22-17/h3-6,9-10,13,15H,2,7,11H2,1H3. The van der Waals surface area contributed by atoms with E-state index in [1.165, 1.54) is 29.4 Å². The van der Waals surface area contributed by atoms with Gasteiger partial charge in [0.25, 0.3) is 0 Å². The number of rotatable bonds is 5. The fourth-order valence-electron chi connectivity index (χ4n) is 3.14. The number of benzene rings is 1. The van der Waals surface area contributed by atoms with Gasteiger partial charge in [-0.25, -0.2) is 18.2 Å². The summed E-state index contributed by atoms with van der Waals surface area (Å²) in [5, 5.41) is 8.28. The Morgan fingerprint density at radius 1 is 1.39 bits per heavy atom. The number of ether oxygens (including phenoxy) is 1. The Balaban J connectivity index is 1.99. The van der Waals surface area contributed by atoms with Gasteiger partial charge in [0.15, 0.2) is 15.5 Å². The van der Waals surface area contributed by atoms with Gasteiger partial charge in [0.2, 0.25) is 0 Å². The molecule has 3 rings (SSSR count). The van der Waals surface area contributed by atoms with Gasteiger partial charge in [-0.2, -0.15) is 5.26 Å². The van der Waals surface area contributed by atoms with Crippen LogP contribution in [0.15, 0.2) is 41.6 Å². The molecule has 10 heteroatoms. The minimum absolute atomic E-state index is 0.000595. The average molecular weight is 421 g/mol. The highest BCUT2D eigenvalue weighted by Crippen LogP contribution is 2.33. The summed E-state index contributed by atoms with van der Waals surface area (Å²) in [5.41, 5.74) is 0.0671. The SMILES string of the molecule is CCOC(=O)C1CC(S(=O)(=O)c2ccccc2Cl)CN1c1cncc(C#N)n1. The van der Waals surface area contributed by atoms with Crippen LogP contribution < -0.4 is 4.90 Å². The van der Waals surface area contributed by atoms with Crippen molar-refractivity contribution in [2.24, 2.45) is 0 Å². The number of carbonyl (C=O) groups excluding carboxylic acids is 1. The molecule has 1 aliphatic heterocycles. The molecule has 146 valence electrons. The van der Waals surface area contributed by atoms with Crippen LogP contribution in [0, 0.1) is 11.3 Å². The molecule has 1 aromatic carbocycles. The Morgan fingerprint density at radius 3 is 2.82 bits per heavy atom. The second-order valence-corrected chi connectivity index (χ2v) is 8.73. The van der Waals surface area contributed by atoms with E-state index in [2.05, 4.69) is 9.97 Å². The number of anilines is 1. The monoisotopic (exact) mass is 420 g/mol.